The molecule has 0 saturated heterocycles. The van der Waals surface area contributed by atoms with Crippen LogP contribution in [0.4, 0.5) is 13.2 Å². The van der Waals surface area contributed by atoms with Gasteiger partial charge in [0.2, 0.25) is 23.3 Å². The number of pyridine rings is 2. The van der Waals surface area contributed by atoms with Gasteiger partial charge in [-0.05, 0) is 181 Å². The predicted molar refractivity (Wildman–Crippen MR) is 436 cm³/mol. The number of aromatic carboxylic acids is 1. The number of halogens is 3. The highest BCUT2D eigenvalue weighted by Gasteiger charge is 2.37. The van der Waals surface area contributed by atoms with Crippen molar-refractivity contribution in [3.05, 3.63) is 203 Å². The summed E-state index contributed by atoms with van der Waals surface area (Å²) in [5.41, 5.74) is 9.28. The van der Waals surface area contributed by atoms with Crippen LogP contribution in [-0.2, 0) is 19.0 Å². The van der Waals surface area contributed by atoms with Gasteiger partial charge >= 0.3 is 12.1 Å². The Morgan fingerprint density at radius 2 is 0.966 bits per heavy atom. The topological polar surface area (TPSA) is 359 Å². The number of hydrogen-bond acceptors (Lipinski definition) is 27. The van der Waals surface area contributed by atoms with E-state index < -0.39 is 22.9 Å². The minimum absolute atomic E-state index is 0.0390. The van der Waals surface area contributed by atoms with Crippen LogP contribution in [0.1, 0.15) is 110 Å². The minimum atomic E-state index is -4.49. The van der Waals surface area contributed by atoms with Crippen molar-refractivity contribution in [2.75, 3.05) is 85.6 Å². The molecule has 5 N–H and O–H groups in total. The number of amides is 1. The summed E-state index contributed by atoms with van der Waals surface area (Å²) in [6, 6.07) is 46.6. The number of hydrogen-bond donors (Lipinski definition) is 5. The van der Waals surface area contributed by atoms with Gasteiger partial charge in [-0.3, -0.25) is 9.78 Å². The number of carboxylic acid groups (broad SMARTS) is 1. The molecule has 1 amide bonds. The summed E-state index contributed by atoms with van der Waals surface area (Å²) < 4.78 is 96.0. The van der Waals surface area contributed by atoms with E-state index in [0.717, 1.165) is 55.7 Å². The van der Waals surface area contributed by atoms with Gasteiger partial charge in [-0.15, -0.1) is 11.3 Å². The molecule has 1 atom stereocenters. The lowest BCUT2D eigenvalue weighted by Crippen LogP contribution is -2.33. The predicted octanol–water partition coefficient (Wildman–Crippen LogP) is 16.4. The van der Waals surface area contributed by atoms with Crippen LogP contribution in [0.25, 0.3) is 102 Å². The third kappa shape index (κ3) is 22.3. The van der Waals surface area contributed by atoms with Gasteiger partial charge in [-0.2, -0.15) is 33.1 Å². The summed E-state index contributed by atoms with van der Waals surface area (Å²) in [7, 11) is 0. The zero-order chi connectivity index (χ0) is 83.5. The fourth-order valence-corrected chi connectivity index (χ4v) is 13.5. The number of aliphatic hydroxyl groups is 2. The molecule has 13 aromatic rings. The van der Waals surface area contributed by atoms with Crippen molar-refractivity contribution in [1.29, 1.82) is 0 Å². The first kappa shape index (κ1) is 86.1. The Morgan fingerprint density at radius 3 is 1.47 bits per heavy atom. The normalized spacial score (nSPS) is 12.1. The Labute approximate surface area is 682 Å². The Kier molecular flexibility index (Phi) is 30.8. The molecular weight excluding hydrogens is 1540 g/mol. The number of alkyl halides is 3. The number of carbonyl (C=O) groups is 2. The van der Waals surface area contributed by atoms with Gasteiger partial charge in [0.15, 0.2) is 34.5 Å². The molecule has 0 radical (unpaired) electrons. The second kappa shape index (κ2) is 42.2. The number of benzene rings is 6. The summed E-state index contributed by atoms with van der Waals surface area (Å²) in [4.78, 5) is 50.6. The van der Waals surface area contributed by atoms with Crippen molar-refractivity contribution < 1.29 is 84.6 Å². The van der Waals surface area contributed by atoms with Crippen LogP contribution in [0, 0.1) is 0 Å². The van der Waals surface area contributed by atoms with Crippen LogP contribution in [0.3, 0.4) is 0 Å². The number of thiophene rings is 1. The average Bonchev–Trinajstić information content (AvgIpc) is 1.64. The number of aromatic nitrogens is 10. The maximum atomic E-state index is 13.6. The van der Waals surface area contributed by atoms with E-state index in [4.69, 9.17) is 66.8 Å². The van der Waals surface area contributed by atoms with Crippen molar-refractivity contribution in [3.8, 4) is 136 Å². The first-order chi connectivity index (χ1) is 57.4. The van der Waals surface area contributed by atoms with Gasteiger partial charge < -0.3 is 77.4 Å². The van der Waals surface area contributed by atoms with Gasteiger partial charge in [0, 0.05) is 89.2 Å². The summed E-state index contributed by atoms with van der Waals surface area (Å²) in [6.07, 6.45) is 1.03. The van der Waals surface area contributed by atoms with E-state index in [2.05, 4.69) is 93.1 Å². The molecule has 7 heterocycles. The molecule has 1 aliphatic carbocycles. The molecule has 7 aromatic heterocycles. The number of nitrogens with one attached hydrogen (secondary N) is 2. The summed E-state index contributed by atoms with van der Waals surface area (Å²) >= 11 is 0.583. The Bertz CT molecular complexity index is 5400. The third-order valence-electron chi connectivity index (χ3n) is 18.1. The van der Waals surface area contributed by atoms with Crippen LogP contribution >= 0.6 is 11.3 Å². The van der Waals surface area contributed by atoms with E-state index in [-0.39, 0.29) is 59.2 Å². The zero-order valence-corrected chi connectivity index (χ0v) is 67.1. The second-order valence-corrected chi connectivity index (χ2v) is 26.8. The molecule has 0 bridgehead atoms. The van der Waals surface area contributed by atoms with Crippen LogP contribution in [0.5, 0.6) is 34.5 Å². The van der Waals surface area contributed by atoms with Crippen molar-refractivity contribution in [2.24, 2.45) is 0 Å². The van der Waals surface area contributed by atoms with Crippen LogP contribution in [0.15, 0.2) is 188 Å². The Balaban J connectivity index is 0.000000155. The van der Waals surface area contributed by atoms with Crippen molar-refractivity contribution in [3.63, 3.8) is 0 Å². The number of carboxylic acids is 1. The highest BCUT2D eigenvalue weighted by molar-refractivity contribution is 7.16. The zero-order valence-electron chi connectivity index (χ0n) is 66.3. The lowest BCUT2D eigenvalue weighted by molar-refractivity contribution is -0.133. The van der Waals surface area contributed by atoms with Gasteiger partial charge in [-0.1, -0.05) is 107 Å². The maximum Gasteiger partial charge on any atom is 0.426 e. The summed E-state index contributed by atoms with van der Waals surface area (Å²) in [5, 5.41) is 49.3. The van der Waals surface area contributed by atoms with E-state index in [1.165, 1.54) is 35.7 Å². The lowest BCUT2D eigenvalue weighted by Gasteiger charge is -2.20. The number of fused-ring (bicyclic) bond motifs is 1. The standard InChI is InChI=1S/C27H36N4O3.C21H15F3N2O2S.C20H22N4O5.C18H17N3O5/c1-5-31(6-2)17-16-28-23-14-13-20-21(23)10-9-11-22(20)26-29-27(34-30-26)19-12-15-24(32-7-3)25(18-19)33-8-4;22-21(23,24)18-16(14-4-2-1-3-5-14)12-17(29-18)20-25-19(26-28-20)15-8-6-13(7-9-15)10-11-27;1-3-27-16-6-5-14(12-17(16)28-4-2)20-23-18(24-29-20)13-7-8-21-15(11-13)19(26)22-9-10-25;1-3-24-14-6-5-12(10-15(14)25-4-2)17-20-16(21-26-17)11-7-8-19-13(9-11)18(22)23/h9-12,15,18,23,28H,5-8,13-14,16-17H2,1-4H3;1-9,12,27H,10-11H2;5-8,11-12,25H,3-4,9-10H2,1-2H3,(H,22,26);5-10H,3-4H2,1-2H3,(H,22,23). The molecule has 0 saturated carbocycles. The number of carbonyl (C=O) groups excluding carboxylic acids is 1. The van der Waals surface area contributed by atoms with Gasteiger partial charge in [0.25, 0.3) is 29.5 Å². The molecule has 616 valence electrons. The number of aliphatic hydroxyl groups excluding tert-OH is 2. The molecule has 6 aromatic carbocycles. The molecule has 14 rings (SSSR count). The van der Waals surface area contributed by atoms with E-state index in [9.17, 15) is 22.8 Å². The smallest absolute Gasteiger partial charge is 0.426 e. The summed E-state index contributed by atoms with van der Waals surface area (Å²) in [5.74, 6) is 4.98. The van der Waals surface area contributed by atoms with Gasteiger partial charge in [0.1, 0.15) is 16.3 Å². The molecule has 28 nitrogen and oxygen atoms in total. The van der Waals surface area contributed by atoms with E-state index >= 15 is 0 Å². The minimum Gasteiger partial charge on any atom is -0.490 e. The number of ether oxygens (including phenoxy) is 6. The molecule has 1 unspecified atom stereocenters. The van der Waals surface area contributed by atoms with Crippen molar-refractivity contribution in [2.45, 2.75) is 86.9 Å². The summed E-state index contributed by atoms with van der Waals surface area (Å²) in [6.45, 7) is 23.4. The largest absolute Gasteiger partial charge is 0.490 e. The highest BCUT2D eigenvalue weighted by atomic mass is 32.1. The lowest BCUT2D eigenvalue weighted by atomic mass is 10.0. The monoisotopic (exact) mass is 1630 g/mol. The van der Waals surface area contributed by atoms with Gasteiger partial charge in [-0.25, -0.2) is 9.78 Å². The Morgan fingerprint density at radius 1 is 0.492 bits per heavy atom. The van der Waals surface area contributed by atoms with E-state index in [1.54, 1.807) is 91.0 Å². The molecule has 0 fully saturated rings. The number of rotatable bonds is 33. The molecular formula is C86H90F3N13O15S. The van der Waals surface area contributed by atoms with E-state index in [1.807, 2.05) is 77.9 Å². The number of likely N-dealkylation sites (N-methyl/N-ethyl adjacent to an activating group) is 1. The Hall–Kier alpha value is -12.8. The van der Waals surface area contributed by atoms with E-state index in [0.29, 0.717) is 161 Å². The maximum absolute atomic E-state index is 13.6. The second-order valence-electron chi connectivity index (χ2n) is 25.8. The molecule has 0 aliphatic heterocycles. The quantitative estimate of drug-likeness (QED) is 0.0255. The van der Waals surface area contributed by atoms with Crippen molar-refractivity contribution >= 4 is 23.2 Å². The highest BCUT2D eigenvalue weighted by Crippen LogP contribution is 2.46. The average molecular weight is 1630 g/mol. The van der Waals surface area contributed by atoms with Crippen LogP contribution < -0.4 is 39.1 Å². The molecule has 1 aliphatic rings. The fourth-order valence-electron chi connectivity index (χ4n) is 12.5. The fraction of sp³-hybridized carbons (Fsp3) is 0.302. The van der Waals surface area contributed by atoms with Gasteiger partial charge in [0.05, 0.1) is 51.1 Å². The van der Waals surface area contributed by atoms with Crippen LogP contribution in [-0.4, -0.2) is 168 Å². The third-order valence-corrected chi connectivity index (χ3v) is 19.3. The first-order valence-electron chi connectivity index (χ1n) is 38.6. The molecule has 32 heteroatoms. The van der Waals surface area contributed by atoms with Crippen molar-refractivity contribution in [1.82, 2.24) is 66.1 Å². The first-order valence-corrected chi connectivity index (χ1v) is 39.4. The van der Waals surface area contributed by atoms with Crippen LogP contribution in [0.2, 0.25) is 0 Å². The molecule has 0 spiro atoms. The SMILES string of the molecule is CCOc1ccc(-c2nc(-c3cccc4c3CCC4NCCN(CC)CC)no2)cc1OCC.CCOc1ccc(-c2nc(-c3ccnc(C(=O)NCCO)c3)no2)cc1OCC.CCOc1ccc(-c2nc(-c3ccnc(C(=O)O)c3)no2)cc1OCC.OCCc1ccc(-c2noc(-c3cc(-c4ccccc4)c(C(F)(F)F)s3)n2)cc1. The number of nitrogens with zero attached hydrogens (tertiary/aromatic N) is 11. The molecule has 118 heavy (non-hydrogen) atoms.